The number of benzene rings is 1. The van der Waals surface area contributed by atoms with Crippen LogP contribution in [0.3, 0.4) is 0 Å². The van der Waals surface area contributed by atoms with Crippen molar-refractivity contribution in [3.05, 3.63) is 42.7 Å². The maximum absolute atomic E-state index is 13.0. The number of Topliss-reactive ketones (excluding diaryl/α,β-unsaturated/α-hetero) is 1. The molecule has 1 aromatic heterocycles. The zero-order valence-electron chi connectivity index (χ0n) is 14.0. The van der Waals surface area contributed by atoms with Gasteiger partial charge in [-0.25, -0.2) is 13.1 Å². The minimum absolute atomic E-state index is 0.0834. The smallest absolute Gasteiger partial charge is 0.246 e. The van der Waals surface area contributed by atoms with Gasteiger partial charge in [-0.3, -0.25) is 4.79 Å². The Hall–Kier alpha value is -2.03. The predicted molar refractivity (Wildman–Crippen MR) is 92.0 cm³/mol. The quantitative estimate of drug-likeness (QED) is 0.779. The van der Waals surface area contributed by atoms with Crippen molar-refractivity contribution in [2.24, 2.45) is 0 Å². The molecule has 1 aliphatic rings. The third-order valence-electron chi connectivity index (χ3n) is 4.30. The third-order valence-corrected chi connectivity index (χ3v) is 6.16. The number of piperidine rings is 1. The molecule has 1 aromatic carbocycles. The van der Waals surface area contributed by atoms with Crippen molar-refractivity contribution in [1.82, 2.24) is 14.1 Å². The highest BCUT2D eigenvalue weighted by Crippen LogP contribution is 2.26. The molecule has 0 N–H and O–H groups in total. The van der Waals surface area contributed by atoms with Crippen LogP contribution in [0.4, 0.5) is 0 Å². The molecule has 1 aliphatic heterocycles. The van der Waals surface area contributed by atoms with Gasteiger partial charge in [0.05, 0.1) is 24.1 Å². The van der Waals surface area contributed by atoms with E-state index in [-0.39, 0.29) is 17.3 Å². The molecule has 0 saturated carbocycles. The highest BCUT2D eigenvalue weighted by molar-refractivity contribution is 7.89. The molecule has 2 aromatic rings. The van der Waals surface area contributed by atoms with E-state index in [9.17, 15) is 13.2 Å². The van der Waals surface area contributed by atoms with E-state index in [4.69, 9.17) is 4.74 Å². The molecule has 1 unspecified atom stereocenters. The summed E-state index contributed by atoms with van der Waals surface area (Å²) in [5.74, 6) is -0.207. The van der Waals surface area contributed by atoms with Crippen LogP contribution in [-0.2, 0) is 19.6 Å². The van der Waals surface area contributed by atoms with E-state index in [0.29, 0.717) is 13.0 Å². The topological polar surface area (TPSA) is 81.5 Å². The van der Waals surface area contributed by atoms with Crippen LogP contribution in [0.15, 0.2) is 47.6 Å². The van der Waals surface area contributed by atoms with E-state index >= 15 is 0 Å². The van der Waals surface area contributed by atoms with Gasteiger partial charge in [-0.1, -0.05) is 24.6 Å². The number of carbonyl (C=O) groups is 1. The molecule has 8 heteroatoms. The zero-order valence-corrected chi connectivity index (χ0v) is 14.9. The molecule has 0 aliphatic carbocycles. The Morgan fingerprint density at radius 1 is 1.28 bits per heavy atom. The molecule has 7 nitrogen and oxygen atoms in total. The number of hydrogen-bond donors (Lipinski definition) is 0. The average molecular weight is 363 g/mol. The normalized spacial score (nSPS) is 19.0. The van der Waals surface area contributed by atoms with Crippen LogP contribution in [0.5, 0.6) is 0 Å². The van der Waals surface area contributed by atoms with Crippen molar-refractivity contribution in [2.75, 3.05) is 20.3 Å². The Labute approximate surface area is 147 Å². The van der Waals surface area contributed by atoms with Crippen molar-refractivity contribution in [3.8, 4) is 5.69 Å². The number of hydrogen-bond acceptors (Lipinski definition) is 5. The van der Waals surface area contributed by atoms with Gasteiger partial charge in [0.15, 0.2) is 5.78 Å². The lowest BCUT2D eigenvalue weighted by atomic mass is 10.0. The summed E-state index contributed by atoms with van der Waals surface area (Å²) in [6.45, 7) is 0.249. The number of aromatic nitrogens is 2. The Morgan fingerprint density at radius 2 is 2.04 bits per heavy atom. The fourth-order valence-electron chi connectivity index (χ4n) is 3.05. The third kappa shape index (κ3) is 3.65. The number of ketones is 1. The first-order valence-corrected chi connectivity index (χ1v) is 9.61. The van der Waals surface area contributed by atoms with Gasteiger partial charge < -0.3 is 4.74 Å². The second-order valence-corrected chi connectivity index (χ2v) is 7.87. The lowest BCUT2D eigenvalue weighted by molar-refractivity contribution is -0.127. The van der Waals surface area contributed by atoms with Gasteiger partial charge >= 0.3 is 0 Å². The second-order valence-electron chi connectivity index (χ2n) is 5.98. The molecule has 0 spiro atoms. The van der Waals surface area contributed by atoms with Crippen molar-refractivity contribution in [2.45, 2.75) is 30.2 Å². The van der Waals surface area contributed by atoms with Gasteiger partial charge in [-0.05, 0) is 25.0 Å². The Balaban J connectivity index is 1.90. The molecule has 1 saturated heterocycles. The number of carbonyl (C=O) groups excluding carboxylic acids is 1. The lowest BCUT2D eigenvalue weighted by Crippen LogP contribution is -2.48. The largest absolute Gasteiger partial charge is 0.377 e. The summed E-state index contributed by atoms with van der Waals surface area (Å²) >= 11 is 0. The van der Waals surface area contributed by atoms with Gasteiger partial charge in [-0.2, -0.15) is 9.40 Å². The molecular weight excluding hydrogens is 342 g/mol. The molecule has 3 rings (SSSR count). The summed E-state index contributed by atoms with van der Waals surface area (Å²) in [5.41, 5.74) is 0.773. The fraction of sp³-hybridized carbons (Fsp3) is 0.412. The van der Waals surface area contributed by atoms with E-state index in [0.717, 1.165) is 18.5 Å². The van der Waals surface area contributed by atoms with Crippen LogP contribution in [-0.4, -0.2) is 54.6 Å². The SMILES string of the molecule is COCC(=O)C1CCCCN1S(=O)(=O)c1cnn(-c2ccccc2)c1. The van der Waals surface area contributed by atoms with Crippen molar-refractivity contribution in [3.63, 3.8) is 0 Å². The van der Waals surface area contributed by atoms with E-state index in [2.05, 4.69) is 5.10 Å². The summed E-state index contributed by atoms with van der Waals surface area (Å²) in [4.78, 5) is 12.4. The summed E-state index contributed by atoms with van der Waals surface area (Å²) in [7, 11) is -2.35. The highest BCUT2D eigenvalue weighted by Gasteiger charge is 2.37. The van der Waals surface area contributed by atoms with Crippen molar-refractivity contribution < 1.29 is 17.9 Å². The van der Waals surface area contributed by atoms with Crippen LogP contribution >= 0.6 is 0 Å². The molecule has 0 bridgehead atoms. The number of para-hydroxylation sites is 1. The molecule has 134 valence electrons. The van der Waals surface area contributed by atoms with Gasteiger partial charge in [0.2, 0.25) is 10.0 Å². The van der Waals surface area contributed by atoms with Crippen LogP contribution < -0.4 is 0 Å². The first-order chi connectivity index (χ1) is 12.0. The van der Waals surface area contributed by atoms with Gasteiger partial charge in [0, 0.05) is 13.7 Å². The van der Waals surface area contributed by atoms with Crippen molar-refractivity contribution >= 4 is 15.8 Å². The van der Waals surface area contributed by atoms with Gasteiger partial charge in [0.1, 0.15) is 11.5 Å². The zero-order chi connectivity index (χ0) is 17.9. The van der Waals surface area contributed by atoms with E-state index in [1.54, 1.807) is 0 Å². The van der Waals surface area contributed by atoms with Crippen molar-refractivity contribution in [1.29, 1.82) is 0 Å². The van der Waals surface area contributed by atoms with E-state index in [1.807, 2.05) is 30.3 Å². The molecule has 0 amide bonds. The maximum Gasteiger partial charge on any atom is 0.246 e. The average Bonchev–Trinajstić information content (AvgIpc) is 3.14. The van der Waals surface area contributed by atoms with Crippen LogP contribution in [0, 0.1) is 0 Å². The van der Waals surface area contributed by atoms with Crippen LogP contribution in [0.25, 0.3) is 5.69 Å². The summed E-state index contributed by atoms with van der Waals surface area (Å²) in [6.07, 6.45) is 4.90. The Bertz CT molecular complexity index is 833. The monoisotopic (exact) mass is 363 g/mol. The minimum Gasteiger partial charge on any atom is -0.377 e. The second kappa shape index (κ2) is 7.47. The Morgan fingerprint density at radius 3 is 2.76 bits per heavy atom. The first-order valence-electron chi connectivity index (χ1n) is 8.17. The van der Waals surface area contributed by atoms with Gasteiger partial charge in [0.25, 0.3) is 0 Å². The summed E-state index contributed by atoms with van der Waals surface area (Å²) in [5, 5.41) is 4.15. The molecule has 1 fully saturated rings. The van der Waals surface area contributed by atoms with Crippen LogP contribution in [0.2, 0.25) is 0 Å². The number of methoxy groups -OCH3 is 1. The molecule has 2 heterocycles. The highest BCUT2D eigenvalue weighted by atomic mass is 32.2. The van der Waals surface area contributed by atoms with Gasteiger partial charge in [-0.15, -0.1) is 0 Å². The summed E-state index contributed by atoms with van der Waals surface area (Å²) < 4.78 is 33.8. The number of rotatable bonds is 6. The van der Waals surface area contributed by atoms with Crippen LogP contribution in [0.1, 0.15) is 19.3 Å². The lowest BCUT2D eigenvalue weighted by Gasteiger charge is -2.33. The van der Waals surface area contributed by atoms with E-state index in [1.165, 1.54) is 28.5 Å². The predicted octanol–water partition coefficient (Wildman–Crippen LogP) is 1.63. The molecule has 0 radical (unpaired) electrons. The number of ether oxygens (including phenoxy) is 1. The Kier molecular flexibility index (Phi) is 5.31. The maximum atomic E-state index is 13.0. The molecular formula is C17H21N3O4S. The number of sulfonamides is 1. The number of nitrogens with zero attached hydrogens (tertiary/aromatic N) is 3. The minimum atomic E-state index is -3.79. The fourth-order valence-corrected chi connectivity index (χ4v) is 4.66. The van der Waals surface area contributed by atoms with E-state index < -0.39 is 16.1 Å². The molecule has 1 atom stereocenters. The summed E-state index contributed by atoms with van der Waals surface area (Å²) in [6, 6.07) is 8.61. The standard InChI is InChI=1S/C17H21N3O4S/c1-24-13-17(21)16-9-5-6-10-20(16)25(22,23)15-11-18-19(12-15)14-7-3-2-4-8-14/h2-4,7-8,11-12,16H,5-6,9-10,13H2,1H3. The molecule has 25 heavy (non-hydrogen) atoms. The first kappa shape index (κ1) is 17.8.